The molecule has 0 spiro atoms. The molecule has 3 rings (SSSR count). The fourth-order valence-corrected chi connectivity index (χ4v) is 3.42. The van der Waals surface area contributed by atoms with Gasteiger partial charge >= 0.3 is 0 Å². The van der Waals surface area contributed by atoms with E-state index in [1.165, 1.54) is 13.2 Å². The molecular weight excluding hydrogens is 459 g/mol. The zero-order valence-electron chi connectivity index (χ0n) is 18.1. The van der Waals surface area contributed by atoms with Gasteiger partial charge in [0.1, 0.15) is 18.2 Å². The van der Waals surface area contributed by atoms with E-state index in [1.54, 1.807) is 30.3 Å². The number of halogens is 2. The Morgan fingerprint density at radius 3 is 2.48 bits per heavy atom. The second-order valence-corrected chi connectivity index (χ2v) is 8.04. The summed E-state index contributed by atoms with van der Waals surface area (Å²) in [4.78, 5) is 12.6. The lowest BCUT2D eigenvalue weighted by Gasteiger charge is -2.14. The Balaban J connectivity index is 1.73. The van der Waals surface area contributed by atoms with Crippen LogP contribution in [0.4, 0.5) is 0 Å². The first-order valence-electron chi connectivity index (χ1n) is 10.1. The molecule has 0 bridgehead atoms. The third-order valence-electron chi connectivity index (χ3n) is 4.89. The van der Waals surface area contributed by atoms with E-state index in [4.69, 9.17) is 32.7 Å². The highest BCUT2D eigenvalue weighted by atomic mass is 35.5. The number of hydrogen-bond donors (Lipinski definition) is 1. The molecule has 0 aromatic heterocycles. The van der Waals surface area contributed by atoms with Crippen molar-refractivity contribution in [2.24, 2.45) is 0 Å². The standard InChI is InChI=1S/C26H22Cl2N2O3/c1-17(20-6-4-3-5-7-20)30-26(31)21(15-29)12-18-9-11-24(25(14-18)32-2)33-16-19-8-10-22(27)23(28)13-19/h3-14,17H,16H2,1-2H3,(H,30,31)/b21-12+/t17-/m0/s1. The van der Waals surface area contributed by atoms with Crippen molar-refractivity contribution < 1.29 is 14.3 Å². The van der Waals surface area contributed by atoms with Crippen molar-refractivity contribution in [1.29, 1.82) is 5.26 Å². The molecule has 168 valence electrons. The number of rotatable bonds is 8. The highest BCUT2D eigenvalue weighted by Gasteiger charge is 2.14. The van der Waals surface area contributed by atoms with Gasteiger partial charge in [-0.05, 0) is 54.0 Å². The van der Waals surface area contributed by atoms with E-state index in [0.29, 0.717) is 27.1 Å². The summed E-state index contributed by atoms with van der Waals surface area (Å²) in [6.45, 7) is 2.14. The number of hydrogen-bond acceptors (Lipinski definition) is 4. The Hall–Kier alpha value is -3.46. The summed E-state index contributed by atoms with van der Waals surface area (Å²) >= 11 is 12.0. The maximum atomic E-state index is 12.6. The first-order valence-corrected chi connectivity index (χ1v) is 10.9. The lowest BCUT2D eigenvalue weighted by molar-refractivity contribution is -0.117. The van der Waals surface area contributed by atoms with Crippen molar-refractivity contribution in [2.45, 2.75) is 19.6 Å². The van der Waals surface area contributed by atoms with Gasteiger partial charge in [0, 0.05) is 0 Å². The third-order valence-corrected chi connectivity index (χ3v) is 5.63. The second kappa shape index (κ2) is 11.4. The summed E-state index contributed by atoms with van der Waals surface area (Å²) in [6.07, 6.45) is 1.51. The van der Waals surface area contributed by atoms with Crippen LogP contribution in [-0.4, -0.2) is 13.0 Å². The highest BCUT2D eigenvalue weighted by Crippen LogP contribution is 2.30. The predicted molar refractivity (Wildman–Crippen MR) is 130 cm³/mol. The maximum absolute atomic E-state index is 12.6. The van der Waals surface area contributed by atoms with E-state index in [9.17, 15) is 10.1 Å². The molecule has 7 heteroatoms. The second-order valence-electron chi connectivity index (χ2n) is 7.22. The van der Waals surface area contributed by atoms with Crippen LogP contribution in [0.15, 0.2) is 72.3 Å². The zero-order valence-corrected chi connectivity index (χ0v) is 19.7. The van der Waals surface area contributed by atoms with Gasteiger partial charge in [-0.3, -0.25) is 4.79 Å². The molecule has 1 N–H and O–H groups in total. The van der Waals surface area contributed by atoms with Crippen LogP contribution in [0.5, 0.6) is 11.5 Å². The lowest BCUT2D eigenvalue weighted by Crippen LogP contribution is -2.27. The lowest BCUT2D eigenvalue weighted by atomic mass is 10.1. The van der Waals surface area contributed by atoms with Crippen molar-refractivity contribution >= 4 is 35.2 Å². The molecule has 0 saturated carbocycles. The molecule has 0 radical (unpaired) electrons. The SMILES string of the molecule is COc1cc(/C=C(\C#N)C(=O)N[C@@H](C)c2ccccc2)ccc1OCc1ccc(Cl)c(Cl)c1. The van der Waals surface area contributed by atoms with Gasteiger partial charge in [-0.15, -0.1) is 0 Å². The van der Waals surface area contributed by atoms with Crippen molar-refractivity contribution in [3.05, 3.63) is 99.0 Å². The van der Waals surface area contributed by atoms with Crippen molar-refractivity contribution in [1.82, 2.24) is 5.32 Å². The molecule has 0 saturated heterocycles. The number of nitrogens with zero attached hydrogens (tertiary/aromatic N) is 1. The molecule has 0 fully saturated rings. The molecule has 0 aliphatic carbocycles. The molecule has 1 atom stereocenters. The molecule has 0 aliphatic heterocycles. The van der Waals surface area contributed by atoms with E-state index >= 15 is 0 Å². The predicted octanol–water partition coefficient (Wildman–Crippen LogP) is 6.37. The number of nitrogens with one attached hydrogen (secondary N) is 1. The Labute approximate surface area is 203 Å². The smallest absolute Gasteiger partial charge is 0.262 e. The number of nitriles is 1. The topological polar surface area (TPSA) is 71.3 Å². The van der Waals surface area contributed by atoms with E-state index in [-0.39, 0.29) is 18.2 Å². The number of methoxy groups -OCH3 is 1. The van der Waals surface area contributed by atoms with Crippen LogP contribution < -0.4 is 14.8 Å². The minimum Gasteiger partial charge on any atom is -0.493 e. The monoisotopic (exact) mass is 480 g/mol. The summed E-state index contributed by atoms with van der Waals surface area (Å²) in [5.74, 6) is 0.535. The normalized spacial score (nSPS) is 11.9. The van der Waals surface area contributed by atoms with Crippen molar-refractivity contribution in [3.63, 3.8) is 0 Å². The zero-order chi connectivity index (χ0) is 23.8. The number of amides is 1. The molecular formula is C26H22Cl2N2O3. The number of carbonyl (C=O) groups excluding carboxylic acids is 1. The fraction of sp³-hybridized carbons (Fsp3) is 0.154. The molecule has 5 nitrogen and oxygen atoms in total. The van der Waals surface area contributed by atoms with Crippen molar-refractivity contribution in [3.8, 4) is 17.6 Å². The maximum Gasteiger partial charge on any atom is 0.262 e. The van der Waals surface area contributed by atoms with Crippen LogP contribution in [0, 0.1) is 11.3 Å². The van der Waals surface area contributed by atoms with E-state index < -0.39 is 5.91 Å². The summed E-state index contributed by atoms with van der Waals surface area (Å²) < 4.78 is 11.3. The van der Waals surface area contributed by atoms with Crippen LogP contribution in [0.3, 0.4) is 0 Å². The first-order chi connectivity index (χ1) is 15.9. The molecule has 1 amide bonds. The Kier molecular flexibility index (Phi) is 8.37. The highest BCUT2D eigenvalue weighted by molar-refractivity contribution is 6.42. The summed E-state index contributed by atoms with van der Waals surface area (Å²) in [7, 11) is 1.52. The van der Waals surface area contributed by atoms with Gasteiger partial charge in [-0.2, -0.15) is 5.26 Å². The van der Waals surface area contributed by atoms with E-state index in [2.05, 4.69) is 5.32 Å². The van der Waals surface area contributed by atoms with Crippen LogP contribution in [0.25, 0.3) is 6.08 Å². The fourth-order valence-electron chi connectivity index (χ4n) is 3.10. The van der Waals surface area contributed by atoms with Crippen LogP contribution in [0.2, 0.25) is 10.0 Å². The quantitative estimate of drug-likeness (QED) is 0.300. The van der Waals surface area contributed by atoms with Gasteiger partial charge in [0.05, 0.1) is 23.2 Å². The van der Waals surface area contributed by atoms with Crippen LogP contribution in [0.1, 0.15) is 29.7 Å². The Morgan fingerprint density at radius 2 is 1.82 bits per heavy atom. The minimum atomic E-state index is -0.451. The molecule has 3 aromatic rings. The average Bonchev–Trinajstić information content (AvgIpc) is 2.83. The van der Waals surface area contributed by atoms with E-state index in [1.807, 2.05) is 49.4 Å². The van der Waals surface area contributed by atoms with E-state index in [0.717, 1.165) is 11.1 Å². The molecule has 0 aliphatic rings. The minimum absolute atomic E-state index is 0.00990. The largest absolute Gasteiger partial charge is 0.493 e. The summed E-state index contributed by atoms with van der Waals surface area (Å²) in [5.41, 5.74) is 2.43. The Morgan fingerprint density at radius 1 is 1.06 bits per heavy atom. The van der Waals surface area contributed by atoms with Crippen LogP contribution >= 0.6 is 23.2 Å². The van der Waals surface area contributed by atoms with Gasteiger partial charge in [0.2, 0.25) is 0 Å². The van der Waals surface area contributed by atoms with Crippen LogP contribution in [-0.2, 0) is 11.4 Å². The van der Waals surface area contributed by atoms with Gasteiger partial charge in [-0.1, -0.05) is 65.7 Å². The van der Waals surface area contributed by atoms with Crippen molar-refractivity contribution in [2.75, 3.05) is 7.11 Å². The number of benzene rings is 3. The van der Waals surface area contributed by atoms with Gasteiger partial charge in [0.25, 0.3) is 5.91 Å². The average molecular weight is 481 g/mol. The number of carbonyl (C=O) groups is 1. The summed E-state index contributed by atoms with van der Waals surface area (Å²) in [5, 5.41) is 13.3. The molecule has 0 heterocycles. The molecule has 33 heavy (non-hydrogen) atoms. The third kappa shape index (κ3) is 6.52. The molecule has 0 unspecified atom stereocenters. The molecule has 3 aromatic carbocycles. The van der Waals surface area contributed by atoms with Gasteiger partial charge < -0.3 is 14.8 Å². The summed E-state index contributed by atoms with van der Waals surface area (Å²) in [6, 6.07) is 21.7. The Bertz CT molecular complexity index is 1200. The van der Waals surface area contributed by atoms with Gasteiger partial charge in [-0.25, -0.2) is 0 Å². The number of ether oxygens (including phenoxy) is 2. The van der Waals surface area contributed by atoms with Gasteiger partial charge in [0.15, 0.2) is 11.5 Å². The first kappa shape index (κ1) is 24.2.